The standard InChI is InChI=1S/C24H28N4O4/c1-15(2)32-18-10-20-26-19(24-8-7-23(3,13-24)31-14-24)12-28(20)11-16(18)21(29)25-17-6-5-9-27(4)22(17)30/h5-6,9-12,15H,7-8,13-14H2,1-4H3,(H,25,29). The van der Waals surface area contributed by atoms with Gasteiger partial charge in [0, 0.05) is 37.1 Å². The molecule has 3 aromatic rings. The summed E-state index contributed by atoms with van der Waals surface area (Å²) in [6.07, 6.45) is 8.28. The van der Waals surface area contributed by atoms with E-state index in [0.29, 0.717) is 17.9 Å². The molecule has 1 saturated heterocycles. The zero-order valence-corrected chi connectivity index (χ0v) is 18.8. The van der Waals surface area contributed by atoms with Crippen LogP contribution in [-0.4, -0.2) is 38.2 Å². The number of carbonyl (C=O) groups excluding carboxylic acids is 1. The minimum atomic E-state index is -0.406. The first-order valence-electron chi connectivity index (χ1n) is 11.0. The fraction of sp³-hybridized carbons (Fsp3) is 0.458. The summed E-state index contributed by atoms with van der Waals surface area (Å²) in [5, 5.41) is 2.73. The van der Waals surface area contributed by atoms with Gasteiger partial charge in [0.05, 0.1) is 29.6 Å². The molecule has 0 radical (unpaired) electrons. The van der Waals surface area contributed by atoms with Crippen LogP contribution in [0.1, 0.15) is 56.1 Å². The van der Waals surface area contributed by atoms with Crippen molar-refractivity contribution in [2.24, 2.45) is 7.05 Å². The molecule has 3 aromatic heterocycles. The predicted octanol–water partition coefficient (Wildman–Crippen LogP) is 3.28. The molecule has 5 rings (SSSR count). The molecule has 8 nitrogen and oxygen atoms in total. The molecule has 4 heterocycles. The number of hydrogen-bond donors (Lipinski definition) is 1. The van der Waals surface area contributed by atoms with E-state index in [9.17, 15) is 9.59 Å². The Bertz CT molecular complexity index is 1260. The minimum Gasteiger partial charge on any atom is -0.490 e. The Hall–Kier alpha value is -3.13. The molecule has 1 saturated carbocycles. The van der Waals surface area contributed by atoms with Crippen LogP contribution < -0.4 is 15.6 Å². The van der Waals surface area contributed by atoms with E-state index >= 15 is 0 Å². The third kappa shape index (κ3) is 3.39. The molecule has 2 unspecified atom stereocenters. The summed E-state index contributed by atoms with van der Waals surface area (Å²) in [5.74, 6) is 0.0308. The molecule has 1 aliphatic heterocycles. The van der Waals surface area contributed by atoms with Gasteiger partial charge in [0.15, 0.2) is 0 Å². The molecule has 0 aromatic carbocycles. The number of pyridine rings is 2. The number of ether oxygens (including phenoxy) is 2. The Kier molecular flexibility index (Phi) is 4.67. The molecule has 32 heavy (non-hydrogen) atoms. The average molecular weight is 437 g/mol. The van der Waals surface area contributed by atoms with E-state index in [1.54, 1.807) is 37.6 Å². The lowest BCUT2D eigenvalue weighted by Gasteiger charge is -2.24. The number of anilines is 1. The number of nitrogens with one attached hydrogen (secondary N) is 1. The molecular weight excluding hydrogens is 408 g/mol. The first kappa shape index (κ1) is 20.8. The molecule has 1 N–H and O–H groups in total. The van der Waals surface area contributed by atoms with Gasteiger partial charge in [-0.15, -0.1) is 0 Å². The maximum Gasteiger partial charge on any atom is 0.274 e. The van der Waals surface area contributed by atoms with Gasteiger partial charge < -0.3 is 23.8 Å². The van der Waals surface area contributed by atoms with Crippen LogP contribution in [0, 0.1) is 0 Å². The van der Waals surface area contributed by atoms with Crippen molar-refractivity contribution < 1.29 is 14.3 Å². The summed E-state index contributed by atoms with van der Waals surface area (Å²) in [6.45, 7) is 6.66. The molecule has 2 atom stereocenters. The van der Waals surface area contributed by atoms with E-state index < -0.39 is 5.91 Å². The molecule has 0 spiro atoms. The summed E-state index contributed by atoms with van der Waals surface area (Å²) in [5.41, 5.74) is 1.86. The van der Waals surface area contributed by atoms with Crippen LogP contribution in [0.5, 0.6) is 5.75 Å². The van der Waals surface area contributed by atoms with Gasteiger partial charge >= 0.3 is 0 Å². The first-order valence-corrected chi connectivity index (χ1v) is 11.0. The highest BCUT2D eigenvalue weighted by atomic mass is 16.5. The summed E-state index contributed by atoms with van der Waals surface area (Å²) in [4.78, 5) is 30.4. The Morgan fingerprint density at radius 3 is 2.78 bits per heavy atom. The van der Waals surface area contributed by atoms with Crippen molar-refractivity contribution in [1.29, 1.82) is 0 Å². The largest absolute Gasteiger partial charge is 0.490 e. The average Bonchev–Trinajstić information content (AvgIpc) is 3.41. The highest BCUT2D eigenvalue weighted by Gasteiger charge is 2.55. The Balaban J connectivity index is 1.54. The summed E-state index contributed by atoms with van der Waals surface area (Å²) >= 11 is 0. The van der Waals surface area contributed by atoms with Crippen molar-refractivity contribution in [3.63, 3.8) is 0 Å². The number of imidazole rings is 1. The Morgan fingerprint density at radius 2 is 2.12 bits per heavy atom. The topological polar surface area (TPSA) is 86.9 Å². The van der Waals surface area contributed by atoms with Gasteiger partial charge in [-0.3, -0.25) is 9.59 Å². The molecule has 168 valence electrons. The van der Waals surface area contributed by atoms with Gasteiger partial charge in [-0.1, -0.05) is 0 Å². The van der Waals surface area contributed by atoms with Gasteiger partial charge in [-0.2, -0.15) is 0 Å². The lowest BCUT2D eigenvalue weighted by atomic mass is 9.84. The number of nitrogens with zero attached hydrogens (tertiary/aromatic N) is 3. The molecule has 8 heteroatoms. The quantitative estimate of drug-likeness (QED) is 0.663. The van der Waals surface area contributed by atoms with Gasteiger partial charge in [-0.25, -0.2) is 4.98 Å². The summed E-state index contributed by atoms with van der Waals surface area (Å²) in [7, 11) is 1.64. The van der Waals surface area contributed by atoms with Crippen LogP contribution >= 0.6 is 0 Å². The van der Waals surface area contributed by atoms with Crippen molar-refractivity contribution in [1.82, 2.24) is 14.0 Å². The zero-order valence-electron chi connectivity index (χ0n) is 18.8. The number of amides is 1. The number of aromatic nitrogens is 3. The number of carbonyl (C=O) groups is 1. The summed E-state index contributed by atoms with van der Waals surface area (Å²) < 4.78 is 15.3. The number of rotatable bonds is 5. The maximum atomic E-state index is 13.2. The minimum absolute atomic E-state index is 0.0609. The van der Waals surface area contributed by atoms with Crippen molar-refractivity contribution in [2.75, 3.05) is 11.9 Å². The van der Waals surface area contributed by atoms with E-state index in [2.05, 4.69) is 12.2 Å². The molecule has 2 aliphatic rings. The monoisotopic (exact) mass is 436 g/mol. The van der Waals surface area contributed by atoms with Crippen LogP contribution in [0.3, 0.4) is 0 Å². The molecule has 2 bridgehead atoms. The predicted molar refractivity (Wildman–Crippen MR) is 120 cm³/mol. The zero-order chi connectivity index (χ0) is 22.7. The van der Waals surface area contributed by atoms with Gasteiger partial charge in [-0.05, 0) is 52.2 Å². The lowest BCUT2D eigenvalue weighted by Crippen LogP contribution is -2.26. The lowest BCUT2D eigenvalue weighted by molar-refractivity contribution is -0.00627. The van der Waals surface area contributed by atoms with Crippen molar-refractivity contribution >= 4 is 17.2 Å². The molecule has 1 aliphatic carbocycles. The maximum absolute atomic E-state index is 13.2. The van der Waals surface area contributed by atoms with Crippen molar-refractivity contribution in [2.45, 2.75) is 57.2 Å². The van der Waals surface area contributed by atoms with Crippen molar-refractivity contribution in [3.8, 4) is 5.75 Å². The number of hydrogen-bond acceptors (Lipinski definition) is 5. The normalized spacial score (nSPS) is 24.4. The highest BCUT2D eigenvalue weighted by molar-refractivity contribution is 6.06. The molecule has 1 amide bonds. The highest BCUT2D eigenvalue weighted by Crippen LogP contribution is 2.53. The number of fused-ring (bicyclic) bond motifs is 3. The third-order valence-corrected chi connectivity index (χ3v) is 6.62. The second kappa shape index (κ2) is 7.20. The van der Waals surface area contributed by atoms with E-state index in [4.69, 9.17) is 14.5 Å². The van der Waals surface area contributed by atoms with Crippen LogP contribution in [0.4, 0.5) is 5.69 Å². The van der Waals surface area contributed by atoms with Gasteiger partial charge in [0.25, 0.3) is 11.5 Å². The third-order valence-electron chi connectivity index (χ3n) is 6.62. The Labute approximate surface area is 186 Å². The SMILES string of the molecule is CC(C)Oc1cc2nc(C34CCC(C)(C3)OC4)cn2cc1C(=O)Nc1cccn(C)c1=O. The smallest absolute Gasteiger partial charge is 0.274 e. The van der Waals surface area contributed by atoms with E-state index in [-0.39, 0.29) is 28.4 Å². The van der Waals surface area contributed by atoms with Crippen LogP contribution in [0.15, 0.2) is 41.6 Å². The molecular formula is C24H28N4O4. The van der Waals surface area contributed by atoms with E-state index in [1.807, 2.05) is 24.4 Å². The fourth-order valence-corrected chi connectivity index (χ4v) is 4.92. The summed E-state index contributed by atoms with van der Waals surface area (Å²) in [6, 6.07) is 5.10. The second-order valence-electron chi connectivity index (χ2n) is 9.60. The van der Waals surface area contributed by atoms with Crippen LogP contribution in [0.25, 0.3) is 5.65 Å². The van der Waals surface area contributed by atoms with Gasteiger partial charge in [0.2, 0.25) is 0 Å². The van der Waals surface area contributed by atoms with Crippen molar-refractivity contribution in [3.05, 3.63) is 58.4 Å². The van der Waals surface area contributed by atoms with Crippen LogP contribution in [0.2, 0.25) is 0 Å². The fourth-order valence-electron chi connectivity index (χ4n) is 4.92. The Morgan fingerprint density at radius 1 is 1.31 bits per heavy atom. The van der Waals surface area contributed by atoms with E-state index in [0.717, 1.165) is 30.6 Å². The van der Waals surface area contributed by atoms with E-state index in [1.165, 1.54) is 4.57 Å². The number of aryl methyl sites for hydroxylation is 1. The van der Waals surface area contributed by atoms with Crippen LogP contribution in [-0.2, 0) is 17.2 Å². The molecule has 2 fully saturated rings. The van der Waals surface area contributed by atoms with Gasteiger partial charge in [0.1, 0.15) is 17.1 Å². The first-order chi connectivity index (χ1) is 15.2. The second-order valence-corrected chi connectivity index (χ2v) is 9.60.